The van der Waals surface area contributed by atoms with Crippen molar-refractivity contribution >= 4 is 38.9 Å². The van der Waals surface area contributed by atoms with Gasteiger partial charge in [0.2, 0.25) is 0 Å². The molecule has 7 nitrogen and oxygen atoms in total. The van der Waals surface area contributed by atoms with Crippen LogP contribution in [0.4, 0.5) is 5.69 Å². The predicted molar refractivity (Wildman–Crippen MR) is 128 cm³/mol. The first-order chi connectivity index (χ1) is 15.6. The average Bonchev–Trinajstić information content (AvgIpc) is 3.14. The lowest BCUT2D eigenvalue weighted by atomic mass is 9.72. The fraction of sp³-hybridized carbons (Fsp3) is 0.440. The number of Topliss-reactive ketones (excluding diaryl/α,β-unsaturated/α-hetero) is 1. The summed E-state index contributed by atoms with van der Waals surface area (Å²) in [7, 11) is 0. The molecule has 5 rings (SSSR count). The minimum absolute atomic E-state index is 0.110. The quantitative estimate of drug-likeness (QED) is 0.585. The second-order valence-electron chi connectivity index (χ2n) is 10.1. The van der Waals surface area contributed by atoms with E-state index in [0.29, 0.717) is 28.3 Å². The Bertz CT molecular complexity index is 1350. The lowest BCUT2D eigenvalue weighted by Crippen LogP contribution is -2.34. The van der Waals surface area contributed by atoms with E-state index in [1.165, 1.54) is 15.8 Å². The van der Waals surface area contributed by atoms with E-state index in [1.54, 1.807) is 36.5 Å². The number of nitrogens with zero attached hydrogens (tertiary/aromatic N) is 2. The van der Waals surface area contributed by atoms with Gasteiger partial charge in [-0.25, -0.2) is 4.98 Å². The van der Waals surface area contributed by atoms with Crippen LogP contribution in [0.3, 0.4) is 0 Å². The molecule has 0 fully saturated rings. The molecule has 2 atom stereocenters. The van der Waals surface area contributed by atoms with Crippen molar-refractivity contribution in [2.75, 3.05) is 5.32 Å². The Morgan fingerprint density at radius 1 is 1.30 bits per heavy atom. The number of nitrogens with one attached hydrogen (secondary N) is 1. The number of anilines is 1. The summed E-state index contributed by atoms with van der Waals surface area (Å²) in [5.41, 5.74) is 2.04. The zero-order valence-electron chi connectivity index (χ0n) is 19.2. The molecular weight excluding hydrogens is 438 g/mol. The number of hydrogen-bond donors (Lipinski definition) is 1. The summed E-state index contributed by atoms with van der Waals surface area (Å²) in [5.74, 6) is 0.621. The molecule has 0 radical (unpaired) electrons. The summed E-state index contributed by atoms with van der Waals surface area (Å²) < 4.78 is 6.94. The highest BCUT2D eigenvalue weighted by Gasteiger charge is 2.32. The van der Waals surface area contributed by atoms with E-state index in [4.69, 9.17) is 4.74 Å². The van der Waals surface area contributed by atoms with E-state index < -0.39 is 6.10 Å². The van der Waals surface area contributed by atoms with Crippen molar-refractivity contribution < 1.29 is 14.3 Å². The van der Waals surface area contributed by atoms with E-state index in [9.17, 15) is 14.4 Å². The van der Waals surface area contributed by atoms with Crippen molar-refractivity contribution in [3.63, 3.8) is 0 Å². The number of aromatic nitrogens is 2. The van der Waals surface area contributed by atoms with Crippen LogP contribution in [0.2, 0.25) is 0 Å². The monoisotopic (exact) mass is 465 g/mol. The van der Waals surface area contributed by atoms with Crippen molar-refractivity contribution in [2.24, 2.45) is 11.3 Å². The number of ether oxygens (including phenoxy) is 1. The molecule has 0 bridgehead atoms. The van der Waals surface area contributed by atoms with Crippen molar-refractivity contribution in [1.82, 2.24) is 9.55 Å². The summed E-state index contributed by atoms with van der Waals surface area (Å²) in [6.45, 7) is 8.36. The Morgan fingerprint density at radius 3 is 2.85 bits per heavy atom. The topological polar surface area (TPSA) is 90.3 Å². The van der Waals surface area contributed by atoms with Gasteiger partial charge >= 0.3 is 0 Å². The Morgan fingerprint density at radius 2 is 2.09 bits per heavy atom. The number of fused-ring (bicyclic) bond motifs is 4. The maximum absolute atomic E-state index is 13.3. The van der Waals surface area contributed by atoms with Gasteiger partial charge in [0.15, 0.2) is 11.9 Å². The largest absolute Gasteiger partial charge is 0.479 e. The van der Waals surface area contributed by atoms with Crippen LogP contribution in [0.25, 0.3) is 10.2 Å². The van der Waals surface area contributed by atoms with Crippen molar-refractivity contribution in [3.05, 3.63) is 50.9 Å². The molecule has 1 amide bonds. The van der Waals surface area contributed by atoms with Crippen molar-refractivity contribution in [2.45, 2.75) is 59.6 Å². The van der Waals surface area contributed by atoms with Crippen molar-refractivity contribution in [3.8, 4) is 5.75 Å². The second-order valence-corrected chi connectivity index (χ2v) is 11.1. The van der Waals surface area contributed by atoms with Crippen LogP contribution in [0, 0.1) is 11.3 Å². The molecule has 1 aliphatic carbocycles. The number of aryl methyl sites for hydroxylation is 1. The van der Waals surface area contributed by atoms with Gasteiger partial charge in [-0.1, -0.05) is 20.8 Å². The number of amides is 1. The normalized spacial score (nSPS) is 20.1. The molecular formula is C25H27N3O4S. The average molecular weight is 466 g/mol. The van der Waals surface area contributed by atoms with Gasteiger partial charge in [-0.05, 0) is 61.3 Å². The predicted octanol–water partition coefficient (Wildman–Crippen LogP) is 4.21. The number of carbonyl (C=O) groups is 2. The minimum atomic E-state index is -0.578. The van der Waals surface area contributed by atoms with Crippen LogP contribution < -0.4 is 15.6 Å². The van der Waals surface area contributed by atoms with Gasteiger partial charge in [-0.15, -0.1) is 11.3 Å². The van der Waals surface area contributed by atoms with E-state index in [0.717, 1.165) is 29.7 Å². The molecule has 0 saturated heterocycles. The minimum Gasteiger partial charge on any atom is -0.479 e. The van der Waals surface area contributed by atoms with Crippen LogP contribution in [-0.2, 0) is 24.2 Å². The molecule has 2 aliphatic rings. The Kier molecular flexibility index (Phi) is 5.16. The van der Waals surface area contributed by atoms with Crippen LogP contribution in [-0.4, -0.2) is 27.3 Å². The molecule has 3 heterocycles. The van der Waals surface area contributed by atoms with Crippen LogP contribution in [0.1, 0.15) is 54.9 Å². The van der Waals surface area contributed by atoms with Gasteiger partial charge in [0.1, 0.15) is 10.6 Å². The maximum atomic E-state index is 13.3. The van der Waals surface area contributed by atoms with Gasteiger partial charge in [-0.3, -0.25) is 19.0 Å². The van der Waals surface area contributed by atoms with E-state index in [1.807, 2.05) is 0 Å². The molecule has 33 heavy (non-hydrogen) atoms. The fourth-order valence-corrected chi connectivity index (χ4v) is 5.94. The maximum Gasteiger partial charge on any atom is 0.265 e. The summed E-state index contributed by atoms with van der Waals surface area (Å²) in [4.78, 5) is 44.7. The van der Waals surface area contributed by atoms with E-state index in [2.05, 4.69) is 31.1 Å². The Hall–Kier alpha value is -3.00. The van der Waals surface area contributed by atoms with Crippen LogP contribution in [0.15, 0.2) is 29.3 Å². The highest BCUT2D eigenvalue weighted by molar-refractivity contribution is 7.18. The lowest BCUT2D eigenvalue weighted by Gasteiger charge is -2.33. The molecule has 0 saturated carbocycles. The second kappa shape index (κ2) is 7.80. The summed E-state index contributed by atoms with van der Waals surface area (Å²) in [6, 6.07) is 4.92. The van der Waals surface area contributed by atoms with Crippen molar-refractivity contribution in [1.29, 1.82) is 0 Å². The third-order valence-electron chi connectivity index (χ3n) is 6.81. The molecule has 2 unspecified atom stereocenters. The smallest absolute Gasteiger partial charge is 0.265 e. The van der Waals surface area contributed by atoms with Gasteiger partial charge < -0.3 is 10.1 Å². The number of benzene rings is 1. The first kappa shape index (κ1) is 21.8. The first-order valence-electron chi connectivity index (χ1n) is 11.3. The summed E-state index contributed by atoms with van der Waals surface area (Å²) >= 11 is 1.61. The molecule has 1 N–H and O–H groups in total. The number of carbonyl (C=O) groups excluding carboxylic acids is 2. The molecule has 8 heteroatoms. The lowest BCUT2D eigenvalue weighted by molar-refractivity contribution is -0.122. The number of ketones is 1. The number of thiophene rings is 1. The Labute approximate surface area is 195 Å². The van der Waals surface area contributed by atoms with Gasteiger partial charge in [0.05, 0.1) is 23.9 Å². The van der Waals surface area contributed by atoms with Gasteiger partial charge in [0.25, 0.3) is 11.5 Å². The zero-order chi connectivity index (χ0) is 23.5. The summed E-state index contributed by atoms with van der Waals surface area (Å²) in [6.07, 6.45) is 3.79. The number of rotatable bonds is 3. The molecule has 3 aromatic rings. The first-order valence-corrected chi connectivity index (χ1v) is 12.1. The zero-order valence-corrected chi connectivity index (χ0v) is 20.0. The van der Waals surface area contributed by atoms with Crippen LogP contribution in [0.5, 0.6) is 5.75 Å². The third-order valence-corrected chi connectivity index (χ3v) is 7.97. The van der Waals surface area contributed by atoms with E-state index in [-0.39, 0.29) is 29.2 Å². The highest BCUT2D eigenvalue weighted by atomic mass is 32.1. The van der Waals surface area contributed by atoms with Gasteiger partial charge in [-0.2, -0.15) is 0 Å². The molecule has 1 aromatic carbocycles. The van der Waals surface area contributed by atoms with Crippen LogP contribution >= 0.6 is 11.3 Å². The standard InChI is InChI=1S/C25H27N3O4S/c1-13-22(30)27-17-9-14(5-8-19(17)32-13)18(29)11-28-12-26-23-21(24(28)31)16-7-6-15(25(2,3)4)10-20(16)33-23/h5,8-9,12-13,15H,6-7,10-11H2,1-4H3,(H,27,30). The third kappa shape index (κ3) is 3.86. The van der Waals surface area contributed by atoms with E-state index >= 15 is 0 Å². The molecule has 172 valence electrons. The molecule has 0 spiro atoms. The molecule has 2 aromatic heterocycles. The highest BCUT2D eigenvalue weighted by Crippen LogP contribution is 2.42. The number of hydrogen-bond acceptors (Lipinski definition) is 6. The van der Waals surface area contributed by atoms with Gasteiger partial charge in [0, 0.05) is 10.4 Å². The Balaban J connectivity index is 1.43. The fourth-order valence-electron chi connectivity index (χ4n) is 4.68. The molecule has 1 aliphatic heterocycles. The SMILES string of the molecule is CC1Oc2ccc(C(=O)Cn3cnc4sc5c(c4c3=O)CCC(C(C)(C)C)C5)cc2NC1=O. The summed E-state index contributed by atoms with van der Waals surface area (Å²) in [5, 5.41) is 3.42.